The molecule has 1 aromatic heterocycles. The van der Waals surface area contributed by atoms with Crippen LogP contribution in [0.1, 0.15) is 24.8 Å². The molecule has 3 rings (SSSR count). The molecule has 1 atom stereocenters. The Kier molecular flexibility index (Phi) is 7.74. The summed E-state index contributed by atoms with van der Waals surface area (Å²) in [7, 11) is 5.63. The van der Waals surface area contributed by atoms with E-state index in [2.05, 4.69) is 34.1 Å². The van der Waals surface area contributed by atoms with Crippen LogP contribution in [0.5, 0.6) is 11.5 Å². The quantitative estimate of drug-likeness (QED) is 0.628. The second kappa shape index (κ2) is 10.5. The lowest BCUT2D eigenvalue weighted by Crippen LogP contribution is -2.47. The molecule has 28 heavy (non-hydrogen) atoms. The van der Waals surface area contributed by atoms with Crippen molar-refractivity contribution < 1.29 is 9.47 Å². The molecule has 0 N–H and O–H groups in total. The van der Waals surface area contributed by atoms with Gasteiger partial charge in [0.2, 0.25) is 0 Å². The Balaban J connectivity index is 1.44. The average molecular weight is 387 g/mol. The molecule has 2 heterocycles. The van der Waals surface area contributed by atoms with Gasteiger partial charge in [-0.2, -0.15) is 5.10 Å². The van der Waals surface area contributed by atoms with E-state index in [0.29, 0.717) is 6.04 Å². The third-order valence-corrected chi connectivity index (χ3v) is 5.73. The highest BCUT2D eigenvalue weighted by Gasteiger charge is 2.22. The van der Waals surface area contributed by atoms with Gasteiger partial charge in [-0.3, -0.25) is 4.68 Å². The van der Waals surface area contributed by atoms with Crippen molar-refractivity contribution in [2.24, 2.45) is 0 Å². The van der Waals surface area contributed by atoms with Crippen LogP contribution < -0.4 is 9.47 Å². The van der Waals surface area contributed by atoms with E-state index in [4.69, 9.17) is 9.47 Å². The lowest BCUT2D eigenvalue weighted by atomic mass is 10.0. The molecule has 1 aliphatic heterocycles. The number of hydrogen-bond donors (Lipinski definition) is 0. The summed E-state index contributed by atoms with van der Waals surface area (Å²) in [5, 5.41) is 4.29. The third-order valence-electron chi connectivity index (χ3n) is 5.73. The minimum atomic E-state index is 0.638. The van der Waals surface area contributed by atoms with E-state index < -0.39 is 0 Å². The summed E-state index contributed by atoms with van der Waals surface area (Å²) in [6.07, 6.45) is 8.65. The van der Waals surface area contributed by atoms with Crippen molar-refractivity contribution in [1.82, 2.24) is 19.6 Å². The number of aryl methyl sites for hydroxylation is 1. The number of piperidine rings is 1. The molecule has 0 spiro atoms. The first-order valence-electron chi connectivity index (χ1n) is 10.3. The molecule has 0 radical (unpaired) electrons. The van der Waals surface area contributed by atoms with E-state index in [1.807, 2.05) is 29.2 Å². The van der Waals surface area contributed by atoms with Crippen molar-refractivity contribution in [2.45, 2.75) is 38.3 Å². The second-order valence-corrected chi connectivity index (χ2v) is 7.64. The van der Waals surface area contributed by atoms with E-state index in [0.717, 1.165) is 44.0 Å². The van der Waals surface area contributed by atoms with Gasteiger partial charge in [-0.1, -0.05) is 6.07 Å². The van der Waals surface area contributed by atoms with Gasteiger partial charge in [0.1, 0.15) is 0 Å². The Bertz CT molecular complexity index is 705. The Hall–Kier alpha value is -2.05. The SMILES string of the molecule is COc1ccc(CCN(C)[C@@H]2CCCN(CCCn3cccn3)C2)cc1OC. The summed E-state index contributed by atoms with van der Waals surface area (Å²) < 4.78 is 12.8. The van der Waals surface area contributed by atoms with Gasteiger partial charge in [0.25, 0.3) is 0 Å². The van der Waals surface area contributed by atoms with Crippen molar-refractivity contribution in [3.05, 3.63) is 42.2 Å². The van der Waals surface area contributed by atoms with Gasteiger partial charge in [-0.25, -0.2) is 0 Å². The number of likely N-dealkylation sites (N-methyl/N-ethyl adjacent to an activating group) is 1. The molecule has 1 aromatic carbocycles. The highest BCUT2D eigenvalue weighted by Crippen LogP contribution is 2.28. The predicted octanol–water partition coefficient (Wildman–Crippen LogP) is 2.93. The van der Waals surface area contributed by atoms with Crippen LogP contribution in [-0.2, 0) is 13.0 Å². The molecule has 0 aliphatic carbocycles. The Morgan fingerprint density at radius 1 is 1.18 bits per heavy atom. The monoisotopic (exact) mass is 386 g/mol. The van der Waals surface area contributed by atoms with E-state index in [-0.39, 0.29) is 0 Å². The highest BCUT2D eigenvalue weighted by atomic mass is 16.5. The fraction of sp³-hybridized carbons (Fsp3) is 0.591. The van der Waals surface area contributed by atoms with E-state index in [1.165, 1.54) is 31.5 Å². The van der Waals surface area contributed by atoms with Gasteiger partial charge in [0.05, 0.1) is 14.2 Å². The maximum Gasteiger partial charge on any atom is 0.160 e. The van der Waals surface area contributed by atoms with Crippen molar-refractivity contribution in [1.29, 1.82) is 0 Å². The molecule has 1 aliphatic rings. The zero-order chi connectivity index (χ0) is 19.8. The van der Waals surface area contributed by atoms with Crippen molar-refractivity contribution in [3.8, 4) is 11.5 Å². The topological polar surface area (TPSA) is 42.8 Å². The van der Waals surface area contributed by atoms with Gasteiger partial charge in [-0.15, -0.1) is 0 Å². The molecule has 0 amide bonds. The molecule has 0 unspecified atom stereocenters. The lowest BCUT2D eigenvalue weighted by Gasteiger charge is -2.37. The number of likely N-dealkylation sites (tertiary alicyclic amines) is 1. The van der Waals surface area contributed by atoms with Gasteiger partial charge in [-0.05, 0) is 69.6 Å². The Morgan fingerprint density at radius 3 is 2.79 bits per heavy atom. The average Bonchev–Trinajstić information content (AvgIpc) is 3.25. The number of benzene rings is 1. The minimum Gasteiger partial charge on any atom is -0.493 e. The predicted molar refractivity (Wildman–Crippen MR) is 112 cm³/mol. The highest BCUT2D eigenvalue weighted by molar-refractivity contribution is 5.42. The molecule has 1 fully saturated rings. The van der Waals surface area contributed by atoms with Crippen LogP contribution in [0.2, 0.25) is 0 Å². The van der Waals surface area contributed by atoms with E-state index in [1.54, 1.807) is 14.2 Å². The van der Waals surface area contributed by atoms with Gasteiger partial charge in [0, 0.05) is 38.1 Å². The van der Waals surface area contributed by atoms with Crippen molar-refractivity contribution in [3.63, 3.8) is 0 Å². The third kappa shape index (κ3) is 5.72. The normalized spacial score (nSPS) is 17.8. The molecule has 0 saturated carbocycles. The van der Waals surface area contributed by atoms with E-state index in [9.17, 15) is 0 Å². The summed E-state index contributed by atoms with van der Waals surface area (Å²) in [6.45, 7) is 5.60. The molecule has 2 aromatic rings. The maximum absolute atomic E-state index is 5.43. The fourth-order valence-corrected chi connectivity index (χ4v) is 4.01. The zero-order valence-electron chi connectivity index (χ0n) is 17.5. The van der Waals surface area contributed by atoms with Gasteiger partial charge < -0.3 is 19.3 Å². The smallest absolute Gasteiger partial charge is 0.160 e. The number of hydrogen-bond acceptors (Lipinski definition) is 5. The van der Waals surface area contributed by atoms with Crippen LogP contribution >= 0.6 is 0 Å². The number of aromatic nitrogens is 2. The summed E-state index contributed by atoms with van der Waals surface area (Å²) in [4.78, 5) is 5.14. The van der Waals surface area contributed by atoms with Gasteiger partial charge in [0.15, 0.2) is 11.5 Å². The van der Waals surface area contributed by atoms with Crippen molar-refractivity contribution in [2.75, 3.05) is 47.4 Å². The minimum absolute atomic E-state index is 0.638. The zero-order valence-corrected chi connectivity index (χ0v) is 17.5. The maximum atomic E-state index is 5.43. The van der Waals surface area contributed by atoms with Crippen LogP contribution in [0.15, 0.2) is 36.7 Å². The molecule has 0 bridgehead atoms. The summed E-state index contributed by atoms with van der Waals surface area (Å²) in [5.41, 5.74) is 1.29. The second-order valence-electron chi connectivity index (χ2n) is 7.64. The molecular formula is C22H34N4O2. The van der Waals surface area contributed by atoms with Gasteiger partial charge >= 0.3 is 0 Å². The number of ether oxygens (including phenoxy) is 2. The molecule has 6 nitrogen and oxygen atoms in total. The molecule has 154 valence electrons. The van der Waals surface area contributed by atoms with Crippen LogP contribution in [-0.4, -0.2) is 73.1 Å². The number of nitrogens with zero attached hydrogens (tertiary/aromatic N) is 4. The standard InChI is InChI=1S/C22H34N4O2/c1-24(16-10-19-8-9-21(27-2)22(17-19)28-3)20-7-4-12-25(18-20)13-6-15-26-14-5-11-23-26/h5,8-9,11,14,17,20H,4,6-7,10,12-13,15-16,18H2,1-3H3/t20-/m1/s1. The lowest BCUT2D eigenvalue weighted by molar-refractivity contribution is 0.115. The first-order chi connectivity index (χ1) is 13.7. The summed E-state index contributed by atoms with van der Waals surface area (Å²) >= 11 is 0. The molecule has 1 saturated heterocycles. The first kappa shape index (κ1) is 20.7. The van der Waals surface area contributed by atoms with Crippen LogP contribution in [0, 0.1) is 0 Å². The number of rotatable bonds is 10. The number of methoxy groups -OCH3 is 2. The summed E-state index contributed by atoms with van der Waals surface area (Å²) in [5.74, 6) is 1.60. The largest absolute Gasteiger partial charge is 0.493 e. The molecule has 6 heteroatoms. The fourth-order valence-electron chi connectivity index (χ4n) is 4.01. The van der Waals surface area contributed by atoms with E-state index >= 15 is 0 Å². The molecular weight excluding hydrogens is 352 g/mol. The van der Waals surface area contributed by atoms with Crippen molar-refractivity contribution >= 4 is 0 Å². The van der Waals surface area contributed by atoms with Crippen LogP contribution in [0.25, 0.3) is 0 Å². The van der Waals surface area contributed by atoms with Crippen LogP contribution in [0.4, 0.5) is 0 Å². The van der Waals surface area contributed by atoms with Crippen LogP contribution in [0.3, 0.4) is 0 Å². The Labute approximate surface area is 169 Å². The Morgan fingerprint density at radius 2 is 2.04 bits per heavy atom. The first-order valence-corrected chi connectivity index (χ1v) is 10.3. The summed E-state index contributed by atoms with van der Waals surface area (Å²) in [6, 6.07) is 8.85.